The Bertz CT molecular complexity index is 1640. The number of amides is 1. The molecule has 0 radical (unpaired) electrons. The number of aromatic nitrogens is 5. The molecule has 1 N–H and O–H groups in total. The number of hydrogen-bond acceptors (Lipinski definition) is 6. The van der Waals surface area contributed by atoms with Gasteiger partial charge in [-0.05, 0) is 57.0 Å². The minimum atomic E-state index is -4.94. The van der Waals surface area contributed by atoms with Gasteiger partial charge in [0, 0.05) is 61.8 Å². The Balaban J connectivity index is 1.42. The highest BCUT2D eigenvalue weighted by molar-refractivity contribution is 6.05. The molecule has 4 aromatic rings. The minimum absolute atomic E-state index is 0.143. The Morgan fingerprint density at radius 1 is 1.07 bits per heavy atom. The number of benzene rings is 2. The Hall–Kier alpha value is -4.26. The van der Waals surface area contributed by atoms with Crippen LogP contribution < -0.4 is 10.2 Å². The summed E-state index contributed by atoms with van der Waals surface area (Å²) in [6.45, 7) is 9.86. The highest BCUT2D eigenvalue weighted by atomic mass is 19.4. The topological polar surface area (TPSA) is 84.1 Å². The van der Waals surface area contributed by atoms with Gasteiger partial charge in [-0.2, -0.15) is 18.3 Å². The van der Waals surface area contributed by atoms with Crippen molar-refractivity contribution in [2.75, 3.05) is 36.4 Å². The molecule has 1 aliphatic heterocycles. The minimum Gasteiger partial charge on any atom is -0.367 e. The molecule has 2 aromatic carbocycles. The Labute approximate surface area is 247 Å². The van der Waals surface area contributed by atoms with Crippen molar-refractivity contribution in [2.45, 2.75) is 46.3 Å². The average Bonchev–Trinajstić information content (AvgIpc) is 3.59. The lowest BCUT2D eigenvalue weighted by molar-refractivity contribution is -0.139. The van der Waals surface area contributed by atoms with Crippen LogP contribution in [0, 0.1) is 19.7 Å². The van der Waals surface area contributed by atoms with Crippen LogP contribution in [0.5, 0.6) is 0 Å². The second-order valence-electron chi connectivity index (χ2n) is 10.9. The van der Waals surface area contributed by atoms with E-state index in [4.69, 9.17) is 0 Å². The maximum atomic E-state index is 15.2. The smallest absolute Gasteiger partial charge is 0.367 e. The van der Waals surface area contributed by atoms with Gasteiger partial charge < -0.3 is 10.2 Å². The second-order valence-corrected chi connectivity index (χ2v) is 10.9. The van der Waals surface area contributed by atoms with Crippen molar-refractivity contribution in [1.29, 1.82) is 0 Å². The first-order valence-electron chi connectivity index (χ1n) is 14.1. The van der Waals surface area contributed by atoms with Gasteiger partial charge in [0.05, 0.1) is 29.3 Å². The molecule has 43 heavy (non-hydrogen) atoms. The number of alkyl halides is 3. The first kappa shape index (κ1) is 30.2. The summed E-state index contributed by atoms with van der Waals surface area (Å²) < 4.78 is 60.2. The van der Waals surface area contributed by atoms with Crippen LogP contribution in [0.25, 0.3) is 16.9 Å². The van der Waals surface area contributed by atoms with Gasteiger partial charge in [0.25, 0.3) is 5.91 Å². The first-order chi connectivity index (χ1) is 20.4. The predicted molar refractivity (Wildman–Crippen MR) is 156 cm³/mol. The van der Waals surface area contributed by atoms with E-state index in [1.807, 2.05) is 20.9 Å². The van der Waals surface area contributed by atoms with Gasteiger partial charge in [-0.25, -0.2) is 9.07 Å². The zero-order valence-electron chi connectivity index (χ0n) is 24.7. The molecule has 1 atom stereocenters. The first-order valence-corrected chi connectivity index (χ1v) is 14.1. The van der Waals surface area contributed by atoms with Crippen LogP contribution in [-0.2, 0) is 13.2 Å². The molecule has 228 valence electrons. The van der Waals surface area contributed by atoms with Crippen LogP contribution >= 0.6 is 0 Å². The van der Waals surface area contributed by atoms with Gasteiger partial charge in [-0.1, -0.05) is 18.2 Å². The van der Waals surface area contributed by atoms with E-state index in [0.29, 0.717) is 49.7 Å². The Kier molecular flexibility index (Phi) is 8.28. The molecule has 2 aromatic heterocycles. The van der Waals surface area contributed by atoms with Gasteiger partial charge in [-0.3, -0.25) is 14.4 Å². The highest BCUT2D eigenvalue weighted by Crippen LogP contribution is 2.38. The van der Waals surface area contributed by atoms with Crippen LogP contribution in [0.4, 0.5) is 28.9 Å². The van der Waals surface area contributed by atoms with Crippen molar-refractivity contribution < 1.29 is 22.4 Å². The van der Waals surface area contributed by atoms with Gasteiger partial charge >= 0.3 is 6.18 Å². The van der Waals surface area contributed by atoms with Crippen molar-refractivity contribution in [3.8, 4) is 16.9 Å². The molecule has 1 unspecified atom stereocenters. The fourth-order valence-corrected chi connectivity index (χ4v) is 5.24. The summed E-state index contributed by atoms with van der Waals surface area (Å²) in [5.74, 6) is -1.98. The summed E-state index contributed by atoms with van der Waals surface area (Å²) >= 11 is 0. The number of nitrogens with zero attached hydrogens (tertiary/aromatic N) is 7. The molecule has 9 nitrogen and oxygen atoms in total. The summed E-state index contributed by atoms with van der Waals surface area (Å²) in [6, 6.07) is 7.11. The van der Waals surface area contributed by atoms with Crippen molar-refractivity contribution in [3.05, 3.63) is 70.9 Å². The molecule has 0 bridgehead atoms. The van der Waals surface area contributed by atoms with Crippen LogP contribution in [0.15, 0.2) is 42.7 Å². The van der Waals surface area contributed by atoms with Crippen molar-refractivity contribution in [2.24, 2.45) is 7.05 Å². The summed E-state index contributed by atoms with van der Waals surface area (Å²) in [5, 5.41) is 15.2. The molecule has 1 saturated heterocycles. The lowest BCUT2D eigenvalue weighted by Crippen LogP contribution is -2.49. The zero-order chi connectivity index (χ0) is 31.1. The van der Waals surface area contributed by atoms with Crippen molar-refractivity contribution >= 4 is 17.3 Å². The van der Waals surface area contributed by atoms with Crippen molar-refractivity contribution in [1.82, 2.24) is 29.7 Å². The Morgan fingerprint density at radius 3 is 2.42 bits per heavy atom. The van der Waals surface area contributed by atoms with E-state index in [-0.39, 0.29) is 16.9 Å². The summed E-state index contributed by atoms with van der Waals surface area (Å²) in [4.78, 5) is 17.1. The summed E-state index contributed by atoms with van der Waals surface area (Å²) in [7, 11) is 1.82. The fourth-order valence-electron chi connectivity index (χ4n) is 5.24. The average molecular weight is 599 g/mol. The number of piperazine rings is 1. The van der Waals surface area contributed by atoms with Crippen LogP contribution in [0.1, 0.15) is 47.4 Å². The summed E-state index contributed by atoms with van der Waals surface area (Å²) in [6.07, 6.45) is -0.585. The largest absolute Gasteiger partial charge is 0.419 e. The lowest BCUT2D eigenvalue weighted by atomic mass is 10.1. The molecule has 1 aliphatic rings. The van der Waals surface area contributed by atoms with E-state index in [9.17, 15) is 18.0 Å². The number of halogens is 4. The highest BCUT2D eigenvalue weighted by Gasteiger charge is 2.37. The SMILES string of the molecule is CCC(C)N1CCN(c2cc(NC(=O)c3ccc(C)c(-n4cc(-c5cnn(C)c5C)nn4)c3)cc(C(F)(F)F)c2F)CC1. The maximum absolute atomic E-state index is 15.2. The molecule has 13 heteroatoms. The third-order valence-electron chi connectivity index (χ3n) is 8.21. The predicted octanol–water partition coefficient (Wildman–Crippen LogP) is 5.62. The number of nitrogens with one attached hydrogen (secondary N) is 1. The lowest BCUT2D eigenvalue weighted by Gasteiger charge is -2.39. The van der Waals surface area contributed by atoms with E-state index in [1.165, 1.54) is 10.7 Å². The molecule has 3 heterocycles. The molecule has 0 saturated carbocycles. The monoisotopic (exact) mass is 598 g/mol. The van der Waals surface area contributed by atoms with E-state index < -0.39 is 23.5 Å². The van der Waals surface area contributed by atoms with Gasteiger partial charge in [0.1, 0.15) is 5.69 Å². The normalized spacial score (nSPS) is 15.1. The van der Waals surface area contributed by atoms with Gasteiger partial charge in [0.15, 0.2) is 5.82 Å². The van der Waals surface area contributed by atoms with E-state index in [1.54, 1.807) is 40.2 Å². The molecule has 1 fully saturated rings. The number of carbonyl (C=O) groups excluding carboxylic acids is 1. The van der Waals surface area contributed by atoms with Gasteiger partial charge in [-0.15, -0.1) is 5.10 Å². The number of hydrogen-bond donors (Lipinski definition) is 1. The van der Waals surface area contributed by atoms with E-state index in [0.717, 1.165) is 23.2 Å². The fraction of sp³-hybridized carbons (Fsp3) is 0.400. The number of aryl methyl sites for hydroxylation is 2. The Morgan fingerprint density at radius 2 is 1.79 bits per heavy atom. The van der Waals surface area contributed by atoms with Crippen LogP contribution in [0.3, 0.4) is 0 Å². The maximum Gasteiger partial charge on any atom is 0.419 e. The molecular formula is C30H34F4N8O. The number of carbonyl (C=O) groups is 1. The quantitative estimate of drug-likeness (QED) is 0.278. The van der Waals surface area contributed by atoms with Crippen LogP contribution in [-0.4, -0.2) is 67.8 Å². The standard InChI is InChI=1S/C30H34F4N8O/c1-6-19(3)40-9-11-41(12-10-40)27-15-22(14-24(28(27)31)30(32,33)34)36-29(43)21-8-7-18(2)26(13-21)42-17-25(37-38-42)23-16-35-39(5)20(23)4/h7-8,13-17,19H,6,9-12H2,1-5H3,(H,36,43). The van der Waals surface area contributed by atoms with Gasteiger partial charge in [0.2, 0.25) is 0 Å². The molecular weight excluding hydrogens is 564 g/mol. The van der Waals surface area contributed by atoms with Crippen LogP contribution in [0.2, 0.25) is 0 Å². The molecule has 0 spiro atoms. The van der Waals surface area contributed by atoms with E-state index in [2.05, 4.69) is 39.5 Å². The van der Waals surface area contributed by atoms with Crippen molar-refractivity contribution in [3.63, 3.8) is 0 Å². The zero-order valence-corrected chi connectivity index (χ0v) is 24.7. The summed E-state index contributed by atoms with van der Waals surface area (Å²) in [5.41, 5.74) is 2.14. The molecule has 1 amide bonds. The molecule has 5 rings (SSSR count). The van der Waals surface area contributed by atoms with E-state index >= 15 is 4.39 Å². The third-order valence-corrected chi connectivity index (χ3v) is 8.21. The number of anilines is 2. The number of rotatable bonds is 7. The molecule has 0 aliphatic carbocycles. The second kappa shape index (κ2) is 11.8. The third kappa shape index (κ3) is 6.12.